The Hall–Kier alpha value is -2.08. The Morgan fingerprint density at radius 2 is 2.00 bits per heavy atom. The molecule has 1 aliphatic heterocycles. The Labute approximate surface area is 137 Å². The van der Waals surface area contributed by atoms with Gasteiger partial charge in [-0.25, -0.2) is 19.9 Å². The van der Waals surface area contributed by atoms with E-state index in [-0.39, 0.29) is 0 Å². The van der Waals surface area contributed by atoms with Gasteiger partial charge in [0.15, 0.2) is 0 Å². The highest BCUT2D eigenvalue weighted by atomic mass is 15.2. The van der Waals surface area contributed by atoms with Gasteiger partial charge in [0.05, 0.1) is 11.7 Å². The molecule has 2 aromatic rings. The van der Waals surface area contributed by atoms with Gasteiger partial charge in [-0.3, -0.25) is 4.90 Å². The van der Waals surface area contributed by atoms with Gasteiger partial charge in [-0.05, 0) is 25.5 Å². The number of hydrogen-bond acceptors (Lipinski definition) is 6. The first kappa shape index (κ1) is 15.8. The van der Waals surface area contributed by atoms with Gasteiger partial charge in [0.1, 0.15) is 5.82 Å². The molecule has 0 aromatic carbocycles. The molecule has 1 saturated heterocycles. The molecule has 3 rings (SSSR count). The molecule has 122 valence electrons. The smallest absolute Gasteiger partial charge is 0.220 e. The highest BCUT2D eigenvalue weighted by molar-refractivity contribution is 5.20. The molecule has 0 amide bonds. The zero-order valence-corrected chi connectivity index (χ0v) is 13.8. The normalized spacial score (nSPS) is 19.2. The Kier molecular flexibility index (Phi) is 4.81. The van der Waals surface area contributed by atoms with E-state index in [1.54, 1.807) is 6.20 Å². The van der Waals surface area contributed by atoms with Gasteiger partial charge in [0.2, 0.25) is 5.95 Å². The fraction of sp³-hybridized carbons (Fsp3) is 0.529. The second-order valence-electron chi connectivity index (χ2n) is 6.43. The van der Waals surface area contributed by atoms with Crippen LogP contribution < -0.4 is 5.73 Å². The zero-order chi connectivity index (χ0) is 16.2. The lowest BCUT2D eigenvalue weighted by Gasteiger charge is -2.35. The van der Waals surface area contributed by atoms with Crippen LogP contribution in [0.3, 0.4) is 0 Å². The average molecular weight is 312 g/mol. The van der Waals surface area contributed by atoms with Crippen LogP contribution in [0, 0.1) is 0 Å². The fourth-order valence-corrected chi connectivity index (χ4v) is 3.07. The van der Waals surface area contributed by atoms with Crippen LogP contribution in [0.2, 0.25) is 0 Å². The second kappa shape index (κ2) is 7.00. The van der Waals surface area contributed by atoms with E-state index in [1.165, 1.54) is 12.8 Å². The summed E-state index contributed by atoms with van der Waals surface area (Å²) in [4.78, 5) is 19.8. The van der Waals surface area contributed by atoms with Crippen molar-refractivity contribution in [3.63, 3.8) is 0 Å². The molecule has 1 fully saturated rings. The van der Waals surface area contributed by atoms with Crippen molar-refractivity contribution in [2.24, 2.45) is 0 Å². The number of nitrogen functional groups attached to an aromatic ring is 1. The van der Waals surface area contributed by atoms with Crippen molar-refractivity contribution in [1.29, 1.82) is 0 Å². The molecule has 3 heterocycles. The van der Waals surface area contributed by atoms with E-state index in [1.807, 2.05) is 18.5 Å². The van der Waals surface area contributed by atoms with Gasteiger partial charge in [-0.1, -0.05) is 20.3 Å². The molecule has 6 nitrogen and oxygen atoms in total. The van der Waals surface area contributed by atoms with Crippen LogP contribution in [0.4, 0.5) is 5.95 Å². The number of hydrogen-bond donors (Lipinski definition) is 1. The molecule has 2 N–H and O–H groups in total. The second-order valence-corrected chi connectivity index (χ2v) is 6.43. The van der Waals surface area contributed by atoms with E-state index in [4.69, 9.17) is 5.73 Å². The lowest BCUT2D eigenvalue weighted by atomic mass is 9.98. The summed E-state index contributed by atoms with van der Waals surface area (Å²) in [5.74, 6) is 1.60. The first-order valence-corrected chi connectivity index (χ1v) is 8.27. The topological polar surface area (TPSA) is 80.8 Å². The molecule has 0 bridgehead atoms. The lowest BCUT2D eigenvalue weighted by Crippen LogP contribution is -2.33. The Morgan fingerprint density at radius 3 is 2.70 bits per heavy atom. The third-order valence-electron chi connectivity index (χ3n) is 4.28. The van der Waals surface area contributed by atoms with Crippen molar-refractivity contribution in [3.8, 4) is 0 Å². The van der Waals surface area contributed by atoms with Crippen molar-refractivity contribution < 1.29 is 0 Å². The van der Waals surface area contributed by atoms with Crippen molar-refractivity contribution in [2.45, 2.75) is 51.6 Å². The van der Waals surface area contributed by atoms with Gasteiger partial charge in [0, 0.05) is 36.6 Å². The number of nitrogens with two attached hydrogens (primary N) is 1. The van der Waals surface area contributed by atoms with E-state index in [0.717, 1.165) is 36.6 Å². The monoisotopic (exact) mass is 312 g/mol. The quantitative estimate of drug-likeness (QED) is 0.935. The minimum atomic E-state index is 0.291. The molecule has 0 aliphatic carbocycles. The summed E-state index contributed by atoms with van der Waals surface area (Å²) in [6.45, 7) is 6.11. The van der Waals surface area contributed by atoms with Gasteiger partial charge < -0.3 is 5.73 Å². The number of likely N-dealkylation sites (tertiary alicyclic amines) is 1. The Bertz CT molecular complexity index is 640. The number of anilines is 1. The highest BCUT2D eigenvalue weighted by Crippen LogP contribution is 2.31. The minimum Gasteiger partial charge on any atom is -0.368 e. The summed E-state index contributed by atoms with van der Waals surface area (Å²) in [5.41, 5.74) is 7.90. The molecule has 6 heteroatoms. The Balaban J connectivity index is 1.76. The standard InChI is InChI=1S/C17H24N6/c1-12(2)16-20-9-13(10-21-16)11-23-8-4-3-5-15(23)14-6-7-19-17(18)22-14/h6-7,9-10,12,15H,3-5,8,11H2,1-2H3,(H2,18,19,22)/t15-/m1/s1. The zero-order valence-electron chi connectivity index (χ0n) is 13.8. The van der Waals surface area contributed by atoms with Crippen LogP contribution >= 0.6 is 0 Å². The molecule has 23 heavy (non-hydrogen) atoms. The van der Waals surface area contributed by atoms with E-state index in [0.29, 0.717) is 17.9 Å². The predicted octanol–water partition coefficient (Wildman–Crippen LogP) is 2.70. The van der Waals surface area contributed by atoms with Gasteiger partial charge in [-0.15, -0.1) is 0 Å². The first-order chi connectivity index (χ1) is 11.1. The largest absolute Gasteiger partial charge is 0.368 e. The fourth-order valence-electron chi connectivity index (χ4n) is 3.07. The highest BCUT2D eigenvalue weighted by Gasteiger charge is 2.25. The molecule has 1 atom stereocenters. The van der Waals surface area contributed by atoms with Gasteiger partial charge >= 0.3 is 0 Å². The first-order valence-electron chi connectivity index (χ1n) is 8.27. The molecule has 0 radical (unpaired) electrons. The van der Waals surface area contributed by atoms with E-state index >= 15 is 0 Å². The third-order valence-corrected chi connectivity index (χ3v) is 4.28. The summed E-state index contributed by atoms with van der Waals surface area (Å²) in [5, 5.41) is 0. The van der Waals surface area contributed by atoms with Crippen molar-refractivity contribution in [2.75, 3.05) is 12.3 Å². The molecule has 0 saturated carbocycles. The molecular weight excluding hydrogens is 288 g/mol. The SMILES string of the molecule is CC(C)c1ncc(CN2CCCC[C@@H]2c2ccnc(N)n2)cn1. The van der Waals surface area contributed by atoms with Crippen molar-refractivity contribution in [1.82, 2.24) is 24.8 Å². The van der Waals surface area contributed by atoms with Crippen molar-refractivity contribution in [3.05, 3.63) is 41.7 Å². The van der Waals surface area contributed by atoms with Crippen LogP contribution in [-0.4, -0.2) is 31.4 Å². The number of rotatable bonds is 4. The van der Waals surface area contributed by atoms with Crippen LogP contribution in [-0.2, 0) is 6.54 Å². The molecule has 2 aromatic heterocycles. The Morgan fingerprint density at radius 1 is 1.22 bits per heavy atom. The summed E-state index contributed by atoms with van der Waals surface area (Å²) < 4.78 is 0. The number of aromatic nitrogens is 4. The van der Waals surface area contributed by atoms with Crippen LogP contribution in [0.1, 0.15) is 62.2 Å². The van der Waals surface area contributed by atoms with Crippen LogP contribution in [0.15, 0.2) is 24.7 Å². The van der Waals surface area contributed by atoms with E-state index < -0.39 is 0 Å². The summed E-state index contributed by atoms with van der Waals surface area (Å²) in [6, 6.07) is 2.26. The minimum absolute atomic E-state index is 0.291. The number of nitrogens with zero attached hydrogens (tertiary/aromatic N) is 5. The maximum Gasteiger partial charge on any atom is 0.220 e. The average Bonchev–Trinajstić information content (AvgIpc) is 2.56. The van der Waals surface area contributed by atoms with Crippen molar-refractivity contribution >= 4 is 5.95 Å². The lowest BCUT2D eigenvalue weighted by molar-refractivity contribution is 0.137. The van der Waals surface area contributed by atoms with E-state index in [2.05, 4.69) is 38.7 Å². The molecule has 0 spiro atoms. The third kappa shape index (κ3) is 3.82. The maximum atomic E-state index is 5.75. The van der Waals surface area contributed by atoms with Crippen LogP contribution in [0.5, 0.6) is 0 Å². The van der Waals surface area contributed by atoms with Gasteiger partial charge in [-0.2, -0.15) is 0 Å². The van der Waals surface area contributed by atoms with E-state index in [9.17, 15) is 0 Å². The summed E-state index contributed by atoms with van der Waals surface area (Å²) in [7, 11) is 0. The summed E-state index contributed by atoms with van der Waals surface area (Å²) in [6.07, 6.45) is 9.16. The van der Waals surface area contributed by atoms with Crippen LogP contribution in [0.25, 0.3) is 0 Å². The molecule has 0 unspecified atom stereocenters. The molecule has 1 aliphatic rings. The molecular formula is C17H24N6. The summed E-state index contributed by atoms with van der Waals surface area (Å²) >= 11 is 0. The number of piperidine rings is 1. The predicted molar refractivity (Wildman–Crippen MR) is 89.6 cm³/mol. The van der Waals surface area contributed by atoms with Gasteiger partial charge in [0.25, 0.3) is 0 Å². The maximum absolute atomic E-state index is 5.75.